The summed E-state index contributed by atoms with van der Waals surface area (Å²) in [4.78, 5) is 23.7. The zero-order valence-electron chi connectivity index (χ0n) is 22.0. The number of nitrogens with zero attached hydrogens (tertiary/aromatic N) is 5. The standard InChI is InChI=1S/C27H36FN7O2/c1-18(2)23-17-30-35-25(23)32-26(31-21-10-13-37-14-11-21)33-27(35)29-16-20-8-5-7-19(24(20)28)15-22(36)9-6-12-34(3)4/h5-9,17-18,21H,10-16H2,1-4H3,(H2,29,31,32,33)/b9-6+. The second-order valence-electron chi connectivity index (χ2n) is 9.94. The van der Waals surface area contributed by atoms with Crippen molar-refractivity contribution in [2.75, 3.05) is 44.5 Å². The fourth-order valence-electron chi connectivity index (χ4n) is 4.23. The zero-order valence-corrected chi connectivity index (χ0v) is 22.0. The van der Waals surface area contributed by atoms with Gasteiger partial charge in [0.25, 0.3) is 0 Å². The Bertz CT molecular complexity index is 1250. The molecular formula is C27H36FN7O2. The van der Waals surface area contributed by atoms with Gasteiger partial charge >= 0.3 is 0 Å². The minimum atomic E-state index is -0.390. The van der Waals surface area contributed by atoms with E-state index >= 15 is 4.39 Å². The van der Waals surface area contributed by atoms with Gasteiger partial charge in [-0.05, 0) is 44.5 Å². The van der Waals surface area contributed by atoms with Gasteiger partial charge in [0.1, 0.15) is 5.82 Å². The Morgan fingerprint density at radius 1 is 1.24 bits per heavy atom. The number of carbonyl (C=O) groups excluding carboxylic acids is 1. The number of anilines is 2. The van der Waals surface area contributed by atoms with E-state index in [0.717, 1.165) is 18.4 Å². The normalized spacial score (nSPS) is 14.8. The Labute approximate surface area is 217 Å². The maximum Gasteiger partial charge on any atom is 0.229 e. The summed E-state index contributed by atoms with van der Waals surface area (Å²) in [6.07, 6.45) is 6.88. The van der Waals surface area contributed by atoms with Gasteiger partial charge in [-0.3, -0.25) is 4.79 Å². The molecule has 1 aliphatic rings. The van der Waals surface area contributed by atoms with Gasteiger partial charge in [0.2, 0.25) is 11.9 Å². The minimum absolute atomic E-state index is 0.0113. The highest BCUT2D eigenvalue weighted by molar-refractivity contribution is 5.91. The zero-order chi connectivity index (χ0) is 26.4. The van der Waals surface area contributed by atoms with Crippen LogP contribution in [0, 0.1) is 5.82 Å². The minimum Gasteiger partial charge on any atom is -0.381 e. The summed E-state index contributed by atoms with van der Waals surface area (Å²) in [5, 5.41) is 11.2. The Hall–Kier alpha value is -3.37. The second-order valence-corrected chi connectivity index (χ2v) is 9.94. The molecule has 3 heterocycles. The lowest BCUT2D eigenvalue weighted by Gasteiger charge is -2.23. The number of benzene rings is 1. The fourth-order valence-corrected chi connectivity index (χ4v) is 4.23. The quantitative estimate of drug-likeness (QED) is 0.377. The molecule has 0 atom stereocenters. The molecule has 0 radical (unpaired) electrons. The molecule has 2 aromatic heterocycles. The third-order valence-corrected chi connectivity index (χ3v) is 6.31. The molecule has 0 amide bonds. The summed E-state index contributed by atoms with van der Waals surface area (Å²) in [5.41, 5.74) is 2.54. The van der Waals surface area contributed by atoms with Gasteiger partial charge in [-0.1, -0.05) is 38.1 Å². The van der Waals surface area contributed by atoms with E-state index in [0.29, 0.717) is 48.4 Å². The first kappa shape index (κ1) is 26.7. The van der Waals surface area contributed by atoms with Crippen LogP contribution in [0.25, 0.3) is 5.65 Å². The van der Waals surface area contributed by atoms with Crippen LogP contribution in [0.1, 0.15) is 49.3 Å². The Balaban J connectivity index is 1.54. The Kier molecular flexibility index (Phi) is 8.83. The number of ether oxygens (including phenoxy) is 1. The largest absolute Gasteiger partial charge is 0.381 e. The van der Waals surface area contributed by atoms with Crippen LogP contribution >= 0.6 is 0 Å². The van der Waals surface area contributed by atoms with Crippen LogP contribution in [-0.4, -0.2) is 70.2 Å². The van der Waals surface area contributed by atoms with Crippen LogP contribution in [0.5, 0.6) is 0 Å². The fraction of sp³-hybridized carbons (Fsp3) is 0.481. The molecule has 37 heavy (non-hydrogen) atoms. The van der Waals surface area contributed by atoms with E-state index in [-0.39, 0.29) is 30.7 Å². The molecule has 1 aromatic carbocycles. The predicted octanol–water partition coefficient (Wildman–Crippen LogP) is 3.82. The van der Waals surface area contributed by atoms with Crippen LogP contribution in [-0.2, 0) is 22.5 Å². The second kappa shape index (κ2) is 12.2. The summed E-state index contributed by atoms with van der Waals surface area (Å²) in [5.74, 6) is 0.686. The SMILES string of the molecule is CC(C)c1cnn2c(NCc3cccc(CC(=O)/C=C/CN(C)C)c3F)nc(NC3CCOCC3)nc12. The van der Waals surface area contributed by atoms with Gasteiger partial charge in [-0.2, -0.15) is 19.6 Å². The lowest BCUT2D eigenvalue weighted by Crippen LogP contribution is -2.29. The number of fused-ring (bicyclic) bond motifs is 1. The van der Waals surface area contributed by atoms with E-state index < -0.39 is 5.82 Å². The van der Waals surface area contributed by atoms with Crippen molar-refractivity contribution in [1.82, 2.24) is 24.5 Å². The van der Waals surface area contributed by atoms with Crippen molar-refractivity contribution >= 4 is 23.3 Å². The van der Waals surface area contributed by atoms with Crippen LogP contribution < -0.4 is 10.6 Å². The number of nitrogens with one attached hydrogen (secondary N) is 2. The van der Waals surface area contributed by atoms with E-state index in [1.807, 2.05) is 19.0 Å². The number of ketones is 1. The Morgan fingerprint density at radius 3 is 2.73 bits per heavy atom. The van der Waals surface area contributed by atoms with E-state index in [2.05, 4.69) is 34.6 Å². The molecule has 10 heteroatoms. The molecule has 0 saturated carbocycles. The first-order chi connectivity index (χ1) is 17.8. The van der Waals surface area contributed by atoms with Crippen LogP contribution in [0.2, 0.25) is 0 Å². The number of aromatic nitrogens is 4. The molecule has 3 aromatic rings. The predicted molar refractivity (Wildman–Crippen MR) is 142 cm³/mol. The van der Waals surface area contributed by atoms with E-state index in [1.54, 1.807) is 35.0 Å². The van der Waals surface area contributed by atoms with Gasteiger partial charge in [0, 0.05) is 49.9 Å². The lowest BCUT2D eigenvalue weighted by atomic mass is 10.0. The molecule has 0 aliphatic carbocycles. The van der Waals surface area contributed by atoms with Gasteiger partial charge in [-0.25, -0.2) is 4.39 Å². The number of likely N-dealkylation sites (N-methyl/N-ethyl adjacent to an activating group) is 1. The number of rotatable bonds is 11. The van der Waals surface area contributed by atoms with Crippen molar-refractivity contribution in [2.45, 2.75) is 51.6 Å². The van der Waals surface area contributed by atoms with Crippen molar-refractivity contribution in [3.8, 4) is 0 Å². The summed E-state index contributed by atoms with van der Waals surface area (Å²) >= 11 is 0. The third kappa shape index (κ3) is 6.90. The van der Waals surface area contributed by atoms with Gasteiger partial charge in [0.15, 0.2) is 11.4 Å². The highest BCUT2D eigenvalue weighted by Crippen LogP contribution is 2.24. The van der Waals surface area contributed by atoms with Crippen LogP contribution in [0.3, 0.4) is 0 Å². The number of allylic oxidation sites excluding steroid dienone is 1. The van der Waals surface area contributed by atoms with Crippen molar-refractivity contribution in [3.63, 3.8) is 0 Å². The van der Waals surface area contributed by atoms with Crippen molar-refractivity contribution in [3.05, 3.63) is 59.1 Å². The summed E-state index contributed by atoms with van der Waals surface area (Å²) in [6.45, 7) is 6.44. The van der Waals surface area contributed by atoms with E-state index in [9.17, 15) is 4.79 Å². The van der Waals surface area contributed by atoms with Crippen molar-refractivity contribution < 1.29 is 13.9 Å². The first-order valence-corrected chi connectivity index (χ1v) is 12.8. The van der Waals surface area contributed by atoms with E-state index in [1.165, 1.54) is 6.08 Å². The molecular weight excluding hydrogens is 473 g/mol. The van der Waals surface area contributed by atoms with Crippen LogP contribution in [0.15, 0.2) is 36.5 Å². The topological polar surface area (TPSA) is 96.7 Å². The summed E-state index contributed by atoms with van der Waals surface area (Å²) in [7, 11) is 3.85. The lowest BCUT2D eigenvalue weighted by molar-refractivity contribution is -0.114. The molecule has 0 bridgehead atoms. The first-order valence-electron chi connectivity index (χ1n) is 12.8. The summed E-state index contributed by atoms with van der Waals surface area (Å²) in [6, 6.07) is 5.36. The highest BCUT2D eigenvalue weighted by Gasteiger charge is 2.19. The molecule has 198 valence electrons. The number of hydrogen-bond acceptors (Lipinski definition) is 8. The van der Waals surface area contributed by atoms with Crippen molar-refractivity contribution in [1.29, 1.82) is 0 Å². The number of hydrogen-bond donors (Lipinski definition) is 2. The Morgan fingerprint density at radius 2 is 2.00 bits per heavy atom. The molecule has 1 aliphatic heterocycles. The van der Waals surface area contributed by atoms with Crippen molar-refractivity contribution in [2.24, 2.45) is 0 Å². The molecule has 9 nitrogen and oxygen atoms in total. The maximum absolute atomic E-state index is 15.3. The molecule has 1 fully saturated rings. The average molecular weight is 510 g/mol. The molecule has 4 rings (SSSR count). The molecule has 0 unspecified atom stereocenters. The molecule has 0 spiro atoms. The average Bonchev–Trinajstić information content (AvgIpc) is 3.29. The summed E-state index contributed by atoms with van der Waals surface area (Å²) < 4.78 is 22.4. The molecule has 2 N–H and O–H groups in total. The number of halogens is 1. The number of carbonyl (C=O) groups is 1. The monoisotopic (exact) mass is 509 g/mol. The molecule has 1 saturated heterocycles. The van der Waals surface area contributed by atoms with Crippen LogP contribution in [0.4, 0.5) is 16.3 Å². The maximum atomic E-state index is 15.3. The highest BCUT2D eigenvalue weighted by atomic mass is 19.1. The third-order valence-electron chi connectivity index (χ3n) is 6.31. The smallest absolute Gasteiger partial charge is 0.229 e. The van der Waals surface area contributed by atoms with Gasteiger partial charge in [0.05, 0.1) is 6.20 Å². The van der Waals surface area contributed by atoms with Gasteiger partial charge < -0.3 is 20.3 Å². The van der Waals surface area contributed by atoms with E-state index in [4.69, 9.17) is 9.72 Å². The van der Waals surface area contributed by atoms with Gasteiger partial charge in [-0.15, -0.1) is 0 Å².